The van der Waals surface area contributed by atoms with E-state index < -0.39 is 17.7 Å². The van der Waals surface area contributed by atoms with Gasteiger partial charge in [-0.15, -0.1) is 0 Å². The topological polar surface area (TPSA) is 77.0 Å². The van der Waals surface area contributed by atoms with Crippen LogP contribution < -0.4 is 5.32 Å². The zero-order chi connectivity index (χ0) is 22.5. The fourth-order valence-electron chi connectivity index (χ4n) is 2.57. The fraction of sp³-hybridized carbons (Fsp3) is 0.320. The number of nitrogens with zero attached hydrogens (tertiary/aromatic N) is 1. The molecule has 1 aliphatic rings. The third-order valence-corrected chi connectivity index (χ3v) is 3.99. The van der Waals surface area contributed by atoms with Crippen molar-refractivity contribution in [3.63, 3.8) is 0 Å². The number of ether oxygens (including phenoxy) is 2. The molecule has 6 heteroatoms. The van der Waals surface area contributed by atoms with E-state index in [1.165, 1.54) is 0 Å². The van der Waals surface area contributed by atoms with E-state index in [-0.39, 0.29) is 6.61 Å². The summed E-state index contributed by atoms with van der Waals surface area (Å²) in [5.41, 5.74) is 1.79. The number of para-hydroxylation sites is 1. The van der Waals surface area contributed by atoms with Crippen molar-refractivity contribution in [1.82, 2.24) is 5.32 Å². The second-order valence-electron chi connectivity index (χ2n) is 7.83. The average Bonchev–Trinajstić information content (AvgIpc) is 2.69. The Kier molecular flexibility index (Phi) is 9.49. The quantitative estimate of drug-likeness (QED) is 0.498. The van der Waals surface area contributed by atoms with E-state index in [9.17, 15) is 9.59 Å². The zero-order valence-electron chi connectivity index (χ0n) is 18.3. The Hall–Kier alpha value is -3.41. The smallest absolute Gasteiger partial charge is 0.407 e. The molecule has 0 fully saturated rings. The summed E-state index contributed by atoms with van der Waals surface area (Å²) in [6.45, 7) is 6.18. The van der Waals surface area contributed by atoms with Crippen molar-refractivity contribution >= 4 is 30.0 Å². The molecule has 1 aliphatic heterocycles. The lowest BCUT2D eigenvalue weighted by molar-refractivity contribution is -0.138. The van der Waals surface area contributed by atoms with Crippen LogP contribution in [0, 0.1) is 0 Å². The van der Waals surface area contributed by atoms with E-state index in [4.69, 9.17) is 9.47 Å². The molecular weight excluding hydrogens is 392 g/mol. The highest BCUT2D eigenvalue weighted by atomic mass is 16.6. The van der Waals surface area contributed by atoms with Crippen LogP contribution in [0.3, 0.4) is 0 Å². The van der Waals surface area contributed by atoms with Gasteiger partial charge in [0.05, 0.1) is 17.9 Å². The van der Waals surface area contributed by atoms with Crippen LogP contribution >= 0.6 is 0 Å². The fourth-order valence-corrected chi connectivity index (χ4v) is 2.57. The van der Waals surface area contributed by atoms with Gasteiger partial charge < -0.3 is 14.8 Å². The lowest BCUT2D eigenvalue weighted by Crippen LogP contribution is -2.33. The number of unbranched alkanes of at least 4 members (excludes halogenated alkanes) is 1. The van der Waals surface area contributed by atoms with Gasteiger partial charge in [0.1, 0.15) is 5.60 Å². The van der Waals surface area contributed by atoms with Crippen LogP contribution in [-0.4, -0.2) is 37.0 Å². The number of amides is 1. The van der Waals surface area contributed by atoms with E-state index >= 15 is 0 Å². The molecule has 0 spiro atoms. The summed E-state index contributed by atoms with van der Waals surface area (Å²) in [7, 11) is 0. The maximum atomic E-state index is 12.4. The highest BCUT2D eigenvalue weighted by molar-refractivity contribution is 5.92. The van der Waals surface area contributed by atoms with Gasteiger partial charge in [-0.1, -0.05) is 42.5 Å². The molecule has 0 aromatic heterocycles. The number of fused-ring (bicyclic) bond motifs is 1. The molecule has 0 atom stereocenters. The number of nitrogens with one attached hydrogen (secondary N) is 1. The van der Waals surface area contributed by atoms with Gasteiger partial charge in [0.15, 0.2) is 0 Å². The molecule has 2 rings (SSSR count). The molecule has 6 nitrogen and oxygen atoms in total. The molecule has 164 valence electrons. The summed E-state index contributed by atoms with van der Waals surface area (Å²) in [6.07, 6.45) is 15.1. The van der Waals surface area contributed by atoms with Crippen molar-refractivity contribution in [2.45, 2.75) is 39.2 Å². The second-order valence-corrected chi connectivity index (χ2v) is 7.83. The number of allylic oxidation sites excluding steroid dienone is 5. The number of carbonyl (C=O) groups excluding carboxylic acids is 2. The van der Waals surface area contributed by atoms with E-state index in [0.717, 1.165) is 11.3 Å². The van der Waals surface area contributed by atoms with Gasteiger partial charge >= 0.3 is 12.1 Å². The number of carbonyl (C=O) groups is 2. The van der Waals surface area contributed by atoms with Crippen LogP contribution in [0.15, 0.2) is 71.3 Å². The van der Waals surface area contributed by atoms with Crippen LogP contribution in [0.2, 0.25) is 0 Å². The first kappa shape index (κ1) is 23.9. The molecule has 31 heavy (non-hydrogen) atoms. The number of benzene rings is 1. The maximum Gasteiger partial charge on any atom is 0.407 e. The third-order valence-electron chi connectivity index (χ3n) is 3.99. The molecule has 0 radical (unpaired) electrons. The standard InChI is InChI=1S/C25H30N2O4/c1-25(2,3)31-24(29)27-18-10-11-19-30-23(28)21-14-5-4-12-20-13-6-7-16-22(20)26-17-9-8-15-21/h4-9,12-17H,10-11,18-19H2,1-3H3,(H,27,29)/b5-4?,9-8-,12-4+,14-5-,15-8?,17-9?,20-12?,21-14?,21-15+,26-17?,26-22?. The minimum Gasteiger partial charge on any atom is -0.462 e. The zero-order valence-corrected chi connectivity index (χ0v) is 18.3. The predicted molar refractivity (Wildman–Crippen MR) is 124 cm³/mol. The summed E-state index contributed by atoms with van der Waals surface area (Å²) in [5, 5.41) is 2.68. The Labute approximate surface area is 184 Å². The molecule has 1 N–H and O–H groups in total. The predicted octanol–water partition coefficient (Wildman–Crippen LogP) is 5.30. The SMILES string of the molecule is CC(C)(C)OC(=O)NCCCCOC(=O)C1=C/C=C\C=Nc2ccccc2/C=C/C=C\1. The minimum absolute atomic E-state index is 0.272. The summed E-state index contributed by atoms with van der Waals surface area (Å²) in [5.74, 6) is -0.399. The van der Waals surface area contributed by atoms with Crippen molar-refractivity contribution < 1.29 is 19.1 Å². The number of alkyl carbamates (subject to hydrolysis) is 1. The Bertz CT molecular complexity index is 902. The second kappa shape index (κ2) is 12.3. The summed E-state index contributed by atoms with van der Waals surface area (Å²) < 4.78 is 10.5. The van der Waals surface area contributed by atoms with Crippen molar-refractivity contribution in [3.8, 4) is 0 Å². The van der Waals surface area contributed by atoms with Crippen molar-refractivity contribution in [2.24, 2.45) is 4.99 Å². The largest absolute Gasteiger partial charge is 0.462 e. The number of hydrogen-bond acceptors (Lipinski definition) is 5. The van der Waals surface area contributed by atoms with Gasteiger partial charge in [0.25, 0.3) is 0 Å². The van der Waals surface area contributed by atoms with Gasteiger partial charge in [0, 0.05) is 18.3 Å². The van der Waals surface area contributed by atoms with Crippen LogP contribution in [0.5, 0.6) is 0 Å². The molecule has 0 unspecified atom stereocenters. The van der Waals surface area contributed by atoms with Crippen LogP contribution in [0.25, 0.3) is 6.08 Å². The monoisotopic (exact) mass is 422 g/mol. The van der Waals surface area contributed by atoms with Gasteiger partial charge in [-0.2, -0.15) is 0 Å². The van der Waals surface area contributed by atoms with E-state index in [2.05, 4.69) is 10.3 Å². The third kappa shape index (κ3) is 9.76. The summed E-state index contributed by atoms with van der Waals surface area (Å²) in [6, 6.07) is 7.82. The number of rotatable bonds is 6. The van der Waals surface area contributed by atoms with E-state index in [1.54, 1.807) is 36.6 Å². The lowest BCUT2D eigenvalue weighted by atomic mass is 10.1. The first-order valence-corrected chi connectivity index (χ1v) is 10.3. The lowest BCUT2D eigenvalue weighted by Gasteiger charge is -2.19. The number of aliphatic imine (C=N–C) groups is 1. The van der Waals surface area contributed by atoms with Gasteiger partial charge in [-0.25, -0.2) is 9.59 Å². The first-order valence-electron chi connectivity index (χ1n) is 10.3. The minimum atomic E-state index is -0.520. The normalized spacial score (nSPS) is 18.2. The molecule has 0 bridgehead atoms. The molecule has 1 aromatic carbocycles. The average molecular weight is 423 g/mol. The highest BCUT2D eigenvalue weighted by Gasteiger charge is 2.15. The molecule has 0 saturated carbocycles. The number of esters is 1. The van der Waals surface area contributed by atoms with E-state index in [0.29, 0.717) is 25.0 Å². The summed E-state index contributed by atoms with van der Waals surface area (Å²) in [4.78, 5) is 28.4. The highest BCUT2D eigenvalue weighted by Crippen LogP contribution is 2.20. The Balaban J connectivity index is 1.81. The molecule has 1 heterocycles. The first-order chi connectivity index (χ1) is 14.8. The molecular formula is C25H30N2O4. The van der Waals surface area contributed by atoms with Crippen molar-refractivity contribution in [3.05, 3.63) is 71.9 Å². The summed E-state index contributed by atoms with van der Waals surface area (Å²) >= 11 is 0. The van der Waals surface area contributed by atoms with Gasteiger partial charge in [-0.3, -0.25) is 4.99 Å². The van der Waals surface area contributed by atoms with Crippen LogP contribution in [0.1, 0.15) is 39.2 Å². The molecule has 1 amide bonds. The van der Waals surface area contributed by atoms with Crippen LogP contribution in [0.4, 0.5) is 10.5 Å². The Morgan fingerprint density at radius 2 is 1.77 bits per heavy atom. The maximum absolute atomic E-state index is 12.4. The number of hydrogen-bond donors (Lipinski definition) is 1. The van der Waals surface area contributed by atoms with Gasteiger partial charge in [-0.05, 0) is 57.9 Å². The van der Waals surface area contributed by atoms with E-state index in [1.807, 2.05) is 57.2 Å². The van der Waals surface area contributed by atoms with Crippen molar-refractivity contribution in [2.75, 3.05) is 13.2 Å². The Morgan fingerprint density at radius 3 is 2.58 bits per heavy atom. The molecule has 1 aromatic rings. The van der Waals surface area contributed by atoms with Gasteiger partial charge in [0.2, 0.25) is 0 Å². The molecule has 0 aliphatic carbocycles. The van der Waals surface area contributed by atoms with Crippen molar-refractivity contribution in [1.29, 1.82) is 0 Å². The Morgan fingerprint density at radius 1 is 1.00 bits per heavy atom. The molecule has 0 saturated heterocycles. The van der Waals surface area contributed by atoms with Crippen LogP contribution in [-0.2, 0) is 14.3 Å².